The van der Waals surface area contributed by atoms with Crippen LogP contribution in [0.4, 0.5) is 4.39 Å². The van der Waals surface area contributed by atoms with Crippen molar-refractivity contribution in [1.82, 2.24) is 9.88 Å². The van der Waals surface area contributed by atoms with Crippen molar-refractivity contribution in [3.05, 3.63) is 29.8 Å². The highest BCUT2D eigenvalue weighted by molar-refractivity contribution is 5.92. The Morgan fingerprint density at radius 1 is 1.59 bits per heavy atom. The molecule has 0 bridgehead atoms. The third-order valence-corrected chi connectivity index (χ3v) is 2.69. The fourth-order valence-electron chi connectivity index (χ4n) is 1.61. The third-order valence-electron chi connectivity index (χ3n) is 2.69. The first-order valence-corrected chi connectivity index (χ1v) is 5.55. The number of hydrogen-bond acceptors (Lipinski definition) is 2. The van der Waals surface area contributed by atoms with Crippen LogP contribution in [0.15, 0.2) is 18.3 Å². The van der Waals surface area contributed by atoms with Crippen LogP contribution >= 0.6 is 0 Å². The Bertz CT molecular complexity index is 445. The van der Waals surface area contributed by atoms with E-state index in [0.717, 1.165) is 19.0 Å². The first-order chi connectivity index (χ1) is 8.20. The molecule has 1 saturated carbocycles. The minimum absolute atomic E-state index is 0.227. The van der Waals surface area contributed by atoms with E-state index in [-0.39, 0.29) is 18.1 Å². The third kappa shape index (κ3) is 3.04. The van der Waals surface area contributed by atoms with E-state index in [1.165, 1.54) is 12.1 Å². The molecule has 1 amide bonds. The SMILES string of the molecule is C#CCN(CC1CC1)C(=O)c1ccc(F)cn1. The topological polar surface area (TPSA) is 33.2 Å². The molecule has 3 nitrogen and oxygen atoms in total. The van der Waals surface area contributed by atoms with Crippen molar-refractivity contribution in [2.75, 3.05) is 13.1 Å². The Labute approximate surface area is 99.7 Å². The van der Waals surface area contributed by atoms with Gasteiger partial charge in [0.1, 0.15) is 11.5 Å². The highest BCUT2D eigenvalue weighted by atomic mass is 19.1. The number of terminal acetylenes is 1. The van der Waals surface area contributed by atoms with Crippen LogP contribution in [0.2, 0.25) is 0 Å². The lowest BCUT2D eigenvalue weighted by molar-refractivity contribution is 0.0764. The number of rotatable bonds is 4. The van der Waals surface area contributed by atoms with Crippen molar-refractivity contribution in [3.8, 4) is 12.3 Å². The van der Waals surface area contributed by atoms with Crippen LogP contribution in [0.3, 0.4) is 0 Å². The lowest BCUT2D eigenvalue weighted by atomic mass is 10.3. The van der Waals surface area contributed by atoms with E-state index in [1.807, 2.05) is 0 Å². The number of hydrogen-bond donors (Lipinski definition) is 0. The summed E-state index contributed by atoms with van der Waals surface area (Å²) in [5, 5.41) is 0. The van der Waals surface area contributed by atoms with Crippen LogP contribution in [-0.2, 0) is 0 Å². The molecule has 0 aromatic carbocycles. The summed E-state index contributed by atoms with van der Waals surface area (Å²) in [7, 11) is 0. The molecule has 1 aromatic rings. The molecule has 0 radical (unpaired) electrons. The van der Waals surface area contributed by atoms with E-state index in [0.29, 0.717) is 12.5 Å². The first kappa shape index (κ1) is 11.6. The van der Waals surface area contributed by atoms with Gasteiger partial charge in [-0.1, -0.05) is 5.92 Å². The highest BCUT2D eigenvalue weighted by Crippen LogP contribution is 2.29. The standard InChI is InChI=1S/C13H13FN2O/c1-2-7-16(9-10-3-4-10)13(17)12-6-5-11(14)8-15-12/h1,5-6,8,10H,3-4,7,9H2. The minimum atomic E-state index is -0.452. The van der Waals surface area contributed by atoms with Gasteiger partial charge in [-0.3, -0.25) is 4.79 Å². The van der Waals surface area contributed by atoms with Crippen LogP contribution in [-0.4, -0.2) is 28.9 Å². The van der Waals surface area contributed by atoms with Gasteiger partial charge in [-0.05, 0) is 30.9 Å². The second-order valence-corrected chi connectivity index (χ2v) is 4.19. The maximum atomic E-state index is 12.7. The summed E-state index contributed by atoms with van der Waals surface area (Å²) in [6, 6.07) is 2.61. The van der Waals surface area contributed by atoms with E-state index < -0.39 is 5.82 Å². The number of carbonyl (C=O) groups is 1. The zero-order valence-electron chi connectivity index (χ0n) is 9.40. The van der Waals surface area contributed by atoms with E-state index in [2.05, 4.69) is 10.9 Å². The number of nitrogens with zero attached hydrogens (tertiary/aromatic N) is 2. The molecule has 1 aromatic heterocycles. The van der Waals surface area contributed by atoms with Gasteiger partial charge in [-0.2, -0.15) is 0 Å². The number of amides is 1. The molecule has 17 heavy (non-hydrogen) atoms. The van der Waals surface area contributed by atoms with Gasteiger partial charge in [-0.25, -0.2) is 9.37 Å². The number of halogens is 1. The molecule has 88 valence electrons. The second kappa shape index (κ2) is 4.96. The summed E-state index contributed by atoms with van der Waals surface area (Å²) < 4.78 is 12.7. The van der Waals surface area contributed by atoms with Crippen molar-refractivity contribution < 1.29 is 9.18 Å². The molecule has 0 saturated heterocycles. The van der Waals surface area contributed by atoms with E-state index >= 15 is 0 Å². The number of aromatic nitrogens is 1. The smallest absolute Gasteiger partial charge is 0.273 e. The van der Waals surface area contributed by atoms with E-state index in [4.69, 9.17) is 6.42 Å². The lowest BCUT2D eigenvalue weighted by Crippen LogP contribution is -2.33. The molecule has 1 fully saturated rings. The molecule has 0 unspecified atom stereocenters. The maximum absolute atomic E-state index is 12.7. The predicted molar refractivity (Wildman–Crippen MR) is 61.7 cm³/mol. The summed E-state index contributed by atoms with van der Waals surface area (Å²) in [6.45, 7) is 0.941. The van der Waals surface area contributed by atoms with Crippen LogP contribution in [0.25, 0.3) is 0 Å². The van der Waals surface area contributed by atoms with Gasteiger partial charge in [-0.15, -0.1) is 6.42 Å². The molecule has 4 heteroatoms. The van der Waals surface area contributed by atoms with E-state index in [9.17, 15) is 9.18 Å². The molecule has 1 aliphatic carbocycles. The van der Waals surface area contributed by atoms with Crippen LogP contribution < -0.4 is 0 Å². The monoisotopic (exact) mass is 232 g/mol. The van der Waals surface area contributed by atoms with Gasteiger partial charge in [0.15, 0.2) is 0 Å². The summed E-state index contributed by atoms with van der Waals surface area (Å²) >= 11 is 0. The summed E-state index contributed by atoms with van der Waals surface area (Å²) in [4.78, 5) is 17.4. The Morgan fingerprint density at radius 3 is 2.88 bits per heavy atom. The van der Waals surface area contributed by atoms with Gasteiger partial charge in [0.05, 0.1) is 12.7 Å². The van der Waals surface area contributed by atoms with E-state index in [1.54, 1.807) is 4.90 Å². The molecule has 0 spiro atoms. The fourth-order valence-corrected chi connectivity index (χ4v) is 1.61. The lowest BCUT2D eigenvalue weighted by Gasteiger charge is -2.19. The van der Waals surface area contributed by atoms with Gasteiger partial charge < -0.3 is 4.90 Å². The van der Waals surface area contributed by atoms with Crippen molar-refractivity contribution in [3.63, 3.8) is 0 Å². The average molecular weight is 232 g/mol. The van der Waals surface area contributed by atoms with Crippen LogP contribution in [0.5, 0.6) is 0 Å². The van der Waals surface area contributed by atoms with Gasteiger partial charge >= 0.3 is 0 Å². The van der Waals surface area contributed by atoms with Crippen molar-refractivity contribution in [1.29, 1.82) is 0 Å². The number of pyridine rings is 1. The Hall–Kier alpha value is -1.89. The highest BCUT2D eigenvalue weighted by Gasteiger charge is 2.27. The van der Waals surface area contributed by atoms with Crippen LogP contribution in [0, 0.1) is 24.1 Å². The minimum Gasteiger partial charge on any atom is -0.326 e. The molecule has 2 rings (SSSR count). The summed E-state index contributed by atoms with van der Waals surface area (Å²) in [5.41, 5.74) is 0.238. The fraction of sp³-hybridized carbons (Fsp3) is 0.385. The molecule has 0 aliphatic heterocycles. The summed E-state index contributed by atoms with van der Waals surface area (Å²) in [5.74, 6) is 2.35. The Kier molecular flexibility index (Phi) is 3.38. The Morgan fingerprint density at radius 2 is 2.35 bits per heavy atom. The zero-order valence-corrected chi connectivity index (χ0v) is 9.40. The molecule has 1 heterocycles. The van der Waals surface area contributed by atoms with Crippen molar-refractivity contribution in [2.24, 2.45) is 5.92 Å². The molecule has 0 atom stereocenters. The molecular formula is C13H13FN2O. The second-order valence-electron chi connectivity index (χ2n) is 4.19. The molecular weight excluding hydrogens is 219 g/mol. The normalized spacial score (nSPS) is 14.1. The maximum Gasteiger partial charge on any atom is 0.273 e. The van der Waals surface area contributed by atoms with Crippen LogP contribution in [0.1, 0.15) is 23.3 Å². The van der Waals surface area contributed by atoms with Crippen molar-refractivity contribution >= 4 is 5.91 Å². The quantitative estimate of drug-likeness (QED) is 0.740. The predicted octanol–water partition coefficient (Wildman–Crippen LogP) is 1.71. The first-order valence-electron chi connectivity index (χ1n) is 5.55. The van der Waals surface area contributed by atoms with Gasteiger partial charge in [0.25, 0.3) is 5.91 Å². The average Bonchev–Trinajstić information content (AvgIpc) is 3.13. The Balaban J connectivity index is 2.09. The van der Waals surface area contributed by atoms with Crippen molar-refractivity contribution in [2.45, 2.75) is 12.8 Å². The zero-order chi connectivity index (χ0) is 12.3. The van der Waals surface area contributed by atoms with Gasteiger partial charge in [0, 0.05) is 6.54 Å². The van der Waals surface area contributed by atoms with Gasteiger partial charge in [0.2, 0.25) is 0 Å². The molecule has 0 N–H and O–H groups in total. The molecule has 1 aliphatic rings. The number of carbonyl (C=O) groups excluding carboxylic acids is 1. The summed E-state index contributed by atoms with van der Waals surface area (Å²) in [6.07, 6.45) is 8.57. The largest absolute Gasteiger partial charge is 0.326 e.